The Balaban J connectivity index is 1.90. The summed E-state index contributed by atoms with van der Waals surface area (Å²) in [5.74, 6) is 1.72. The highest BCUT2D eigenvalue weighted by Crippen LogP contribution is 2.48. The van der Waals surface area contributed by atoms with Crippen molar-refractivity contribution < 1.29 is 36.3 Å². The molecule has 0 saturated carbocycles. The number of nitrogens with zero attached hydrogens (tertiary/aromatic N) is 1. The Labute approximate surface area is 213 Å². The van der Waals surface area contributed by atoms with Gasteiger partial charge in [-0.1, -0.05) is 24.3 Å². The van der Waals surface area contributed by atoms with Gasteiger partial charge < -0.3 is 23.8 Å². The topological polar surface area (TPSA) is 101 Å². The van der Waals surface area contributed by atoms with Gasteiger partial charge in [0.05, 0.1) is 20.0 Å². The van der Waals surface area contributed by atoms with E-state index in [2.05, 4.69) is 0 Å². The average molecular weight is 522 g/mol. The van der Waals surface area contributed by atoms with E-state index in [1.54, 1.807) is 19.1 Å². The Bertz CT molecular complexity index is 1190. The van der Waals surface area contributed by atoms with Crippen LogP contribution in [-0.2, 0) is 31.9 Å². The summed E-state index contributed by atoms with van der Waals surface area (Å²) in [6, 6.07) is 9.67. The predicted octanol–water partition coefficient (Wildman–Crippen LogP) is 4.41. The summed E-state index contributed by atoms with van der Waals surface area (Å²) in [5.41, 5.74) is 3.08. The average Bonchev–Trinajstić information content (AvgIpc) is 3.25. The number of amides is 1. The highest BCUT2D eigenvalue weighted by Gasteiger charge is 2.27. The molecule has 1 aliphatic heterocycles. The smallest absolute Gasteiger partial charge is 0.410 e. The van der Waals surface area contributed by atoms with Crippen molar-refractivity contribution in [1.29, 1.82) is 0 Å². The van der Waals surface area contributed by atoms with Crippen LogP contribution in [0.25, 0.3) is 11.1 Å². The largest absolute Gasteiger partial charge is 0.492 e. The number of fused-ring (bicyclic) bond motifs is 1. The molecule has 0 saturated heterocycles. The van der Waals surface area contributed by atoms with E-state index in [1.165, 1.54) is 0 Å². The van der Waals surface area contributed by atoms with Crippen molar-refractivity contribution in [2.24, 2.45) is 0 Å². The molecule has 0 radical (unpaired) electrons. The van der Waals surface area contributed by atoms with Gasteiger partial charge >= 0.3 is 6.09 Å². The Hall–Kier alpha value is -2.98. The molecule has 9 nitrogen and oxygen atoms in total. The summed E-state index contributed by atoms with van der Waals surface area (Å²) >= 11 is 0. The predicted molar refractivity (Wildman–Crippen MR) is 136 cm³/mol. The van der Waals surface area contributed by atoms with E-state index in [0.29, 0.717) is 43.1 Å². The van der Waals surface area contributed by atoms with Crippen molar-refractivity contribution in [2.75, 3.05) is 40.4 Å². The molecule has 0 aromatic heterocycles. The molecule has 36 heavy (non-hydrogen) atoms. The lowest BCUT2D eigenvalue weighted by atomic mass is 9.91. The fourth-order valence-electron chi connectivity index (χ4n) is 3.98. The zero-order valence-corrected chi connectivity index (χ0v) is 22.6. The zero-order chi connectivity index (χ0) is 26.5. The molecule has 1 amide bonds. The number of benzene rings is 2. The molecule has 0 aliphatic carbocycles. The third-order valence-corrected chi connectivity index (χ3v) is 6.12. The van der Waals surface area contributed by atoms with Gasteiger partial charge in [0.2, 0.25) is 12.5 Å². The van der Waals surface area contributed by atoms with Crippen LogP contribution in [0.4, 0.5) is 4.79 Å². The van der Waals surface area contributed by atoms with Crippen molar-refractivity contribution >= 4 is 16.2 Å². The molecule has 1 aliphatic rings. The van der Waals surface area contributed by atoms with Gasteiger partial charge in [-0.25, -0.2) is 4.79 Å². The summed E-state index contributed by atoms with van der Waals surface area (Å²) in [7, 11) is -0.239. The van der Waals surface area contributed by atoms with Gasteiger partial charge in [0.1, 0.15) is 5.60 Å². The maximum Gasteiger partial charge on any atom is 0.410 e. The third kappa shape index (κ3) is 7.27. The SMILES string of the molecule is COc1c(CCCN(C)C(=O)OC(C)(C)C)c(-c2ccccc2CCOS(C)(=O)=O)cc2c1OCO2. The quantitative estimate of drug-likeness (QED) is 0.424. The van der Waals surface area contributed by atoms with E-state index in [4.69, 9.17) is 23.1 Å². The van der Waals surface area contributed by atoms with Gasteiger partial charge in [-0.2, -0.15) is 8.42 Å². The van der Waals surface area contributed by atoms with Crippen LogP contribution in [0.15, 0.2) is 30.3 Å². The van der Waals surface area contributed by atoms with E-state index < -0.39 is 15.7 Å². The van der Waals surface area contributed by atoms with Crippen LogP contribution in [0.2, 0.25) is 0 Å². The normalized spacial score (nSPS) is 12.9. The highest BCUT2D eigenvalue weighted by atomic mass is 32.2. The van der Waals surface area contributed by atoms with Crippen molar-refractivity contribution in [1.82, 2.24) is 4.90 Å². The maximum absolute atomic E-state index is 12.4. The first kappa shape index (κ1) is 27.6. The Morgan fingerprint density at radius 1 is 1.11 bits per heavy atom. The summed E-state index contributed by atoms with van der Waals surface area (Å²) < 4.78 is 50.4. The standard InChI is InChI=1S/C26H35NO8S/c1-26(2,3)35-25(28)27(4)14-9-12-20-21(16-22-24(23(20)31-5)33-17-32-22)19-11-8-7-10-18(19)13-15-34-36(6,29)30/h7-8,10-11,16H,9,12-15,17H2,1-6H3. The molecule has 0 spiro atoms. The molecule has 0 atom stereocenters. The van der Waals surface area contributed by atoms with E-state index in [0.717, 1.165) is 28.5 Å². The molecule has 0 fully saturated rings. The van der Waals surface area contributed by atoms with Crippen LogP contribution in [0.3, 0.4) is 0 Å². The van der Waals surface area contributed by atoms with E-state index in [1.807, 2.05) is 51.1 Å². The summed E-state index contributed by atoms with van der Waals surface area (Å²) in [6.07, 6.45) is 2.31. The number of hydrogen-bond acceptors (Lipinski definition) is 8. The van der Waals surface area contributed by atoms with Gasteiger partial charge in [-0.3, -0.25) is 4.18 Å². The van der Waals surface area contributed by atoms with Gasteiger partial charge in [0.15, 0.2) is 11.5 Å². The monoisotopic (exact) mass is 521 g/mol. The van der Waals surface area contributed by atoms with E-state index in [-0.39, 0.29) is 19.5 Å². The van der Waals surface area contributed by atoms with Crippen molar-refractivity contribution in [3.63, 3.8) is 0 Å². The van der Waals surface area contributed by atoms with Gasteiger partial charge in [0.25, 0.3) is 10.1 Å². The van der Waals surface area contributed by atoms with Crippen molar-refractivity contribution in [3.05, 3.63) is 41.5 Å². The minimum absolute atomic E-state index is 0.0353. The first-order valence-corrected chi connectivity index (χ1v) is 13.6. The molecule has 3 rings (SSSR count). The van der Waals surface area contributed by atoms with Gasteiger partial charge in [-0.15, -0.1) is 0 Å². The van der Waals surface area contributed by atoms with Gasteiger partial charge in [0, 0.05) is 19.2 Å². The second-order valence-corrected chi connectivity index (χ2v) is 11.3. The molecular formula is C26H35NO8S. The van der Waals surface area contributed by atoms with Crippen LogP contribution in [0.1, 0.15) is 38.3 Å². The maximum atomic E-state index is 12.4. The second-order valence-electron chi connectivity index (χ2n) is 9.61. The number of methoxy groups -OCH3 is 1. The second kappa shape index (κ2) is 11.4. The summed E-state index contributed by atoms with van der Waals surface area (Å²) in [6.45, 7) is 6.12. The Kier molecular flexibility index (Phi) is 8.73. The van der Waals surface area contributed by atoms with E-state index in [9.17, 15) is 13.2 Å². The van der Waals surface area contributed by atoms with Crippen LogP contribution in [0.5, 0.6) is 17.2 Å². The van der Waals surface area contributed by atoms with E-state index >= 15 is 0 Å². The van der Waals surface area contributed by atoms with Crippen LogP contribution in [0, 0.1) is 0 Å². The molecule has 2 aromatic rings. The fourth-order valence-corrected chi connectivity index (χ4v) is 4.37. The molecule has 198 valence electrons. The molecule has 2 aromatic carbocycles. The lowest BCUT2D eigenvalue weighted by Crippen LogP contribution is -2.34. The number of ether oxygens (including phenoxy) is 4. The number of rotatable bonds is 10. The van der Waals surface area contributed by atoms with Crippen LogP contribution < -0.4 is 14.2 Å². The first-order chi connectivity index (χ1) is 16.9. The minimum Gasteiger partial charge on any atom is -0.492 e. The number of hydrogen-bond donors (Lipinski definition) is 0. The molecule has 1 heterocycles. The highest BCUT2D eigenvalue weighted by molar-refractivity contribution is 7.85. The minimum atomic E-state index is -3.54. The first-order valence-electron chi connectivity index (χ1n) is 11.8. The zero-order valence-electron chi connectivity index (χ0n) is 21.8. The fraction of sp³-hybridized carbons (Fsp3) is 0.500. The summed E-state index contributed by atoms with van der Waals surface area (Å²) in [5, 5.41) is 0. The molecule has 10 heteroatoms. The number of carbonyl (C=O) groups excluding carboxylic acids is 1. The van der Waals surface area contributed by atoms with Crippen LogP contribution in [-0.4, -0.2) is 65.4 Å². The van der Waals surface area contributed by atoms with Crippen molar-refractivity contribution in [2.45, 2.75) is 45.6 Å². The lowest BCUT2D eigenvalue weighted by Gasteiger charge is -2.25. The van der Waals surface area contributed by atoms with Crippen LogP contribution >= 0.6 is 0 Å². The third-order valence-electron chi connectivity index (χ3n) is 5.53. The number of carbonyl (C=O) groups is 1. The Morgan fingerprint density at radius 2 is 1.83 bits per heavy atom. The van der Waals surface area contributed by atoms with Gasteiger partial charge in [-0.05, 0) is 62.8 Å². The molecule has 0 N–H and O–H groups in total. The molecule has 0 unspecified atom stereocenters. The molecule has 0 bridgehead atoms. The summed E-state index contributed by atoms with van der Waals surface area (Å²) in [4.78, 5) is 13.9. The van der Waals surface area contributed by atoms with Crippen molar-refractivity contribution in [3.8, 4) is 28.4 Å². The molecular weight excluding hydrogens is 486 g/mol. The lowest BCUT2D eigenvalue weighted by molar-refractivity contribution is 0.0297. The Morgan fingerprint density at radius 3 is 2.50 bits per heavy atom.